The van der Waals surface area contributed by atoms with Crippen LogP contribution in [0, 0.1) is 0 Å². The highest BCUT2D eigenvalue weighted by atomic mass is 35.5. The fraction of sp³-hybridized carbons (Fsp3) is 0.0800. The van der Waals surface area contributed by atoms with E-state index in [0.717, 1.165) is 16.5 Å². The van der Waals surface area contributed by atoms with Crippen molar-refractivity contribution in [2.45, 2.75) is 6.42 Å². The summed E-state index contributed by atoms with van der Waals surface area (Å²) in [5.41, 5.74) is 6.59. The first-order valence-electron chi connectivity index (χ1n) is 10.4. The van der Waals surface area contributed by atoms with Gasteiger partial charge in [0.05, 0.1) is 11.6 Å². The summed E-state index contributed by atoms with van der Waals surface area (Å²) in [4.78, 5) is 25.3. The van der Waals surface area contributed by atoms with E-state index in [-0.39, 0.29) is 5.11 Å². The van der Waals surface area contributed by atoms with Crippen LogP contribution in [0.15, 0.2) is 78.9 Å². The molecule has 0 saturated heterocycles. The van der Waals surface area contributed by atoms with E-state index in [1.54, 1.807) is 24.3 Å². The molecule has 1 heterocycles. The van der Waals surface area contributed by atoms with Gasteiger partial charge in [0.25, 0.3) is 11.8 Å². The molecule has 1 aromatic heterocycles. The van der Waals surface area contributed by atoms with Crippen LogP contribution in [0.4, 0.5) is 0 Å². The number of amides is 2. The minimum atomic E-state index is -0.445. The number of nitrogens with one attached hydrogen (secondary N) is 3. The molecule has 0 unspecified atom stereocenters. The van der Waals surface area contributed by atoms with Gasteiger partial charge in [0.2, 0.25) is 0 Å². The van der Waals surface area contributed by atoms with Gasteiger partial charge in [-0.15, -0.1) is 11.3 Å². The van der Waals surface area contributed by atoms with Gasteiger partial charge in [-0.3, -0.25) is 25.8 Å². The number of benzene rings is 3. The van der Waals surface area contributed by atoms with Crippen LogP contribution in [0.3, 0.4) is 0 Å². The van der Waals surface area contributed by atoms with Crippen molar-refractivity contribution in [2.75, 3.05) is 6.61 Å². The molecule has 2 amide bonds. The summed E-state index contributed by atoms with van der Waals surface area (Å²) in [5, 5.41) is 3.67. The Morgan fingerprint density at radius 1 is 0.882 bits per heavy atom. The lowest BCUT2D eigenvalue weighted by molar-refractivity contribution is 0.0938. The minimum Gasteiger partial charge on any atom is -0.493 e. The zero-order valence-electron chi connectivity index (χ0n) is 17.8. The number of rotatable bonds is 6. The highest BCUT2D eigenvalue weighted by molar-refractivity contribution is 7.80. The molecule has 34 heavy (non-hydrogen) atoms. The largest absolute Gasteiger partial charge is 0.493 e. The number of fused-ring (bicyclic) bond motifs is 1. The molecule has 0 bridgehead atoms. The average molecular weight is 510 g/mol. The number of hydrogen-bond acceptors (Lipinski definition) is 5. The fourth-order valence-electron chi connectivity index (χ4n) is 3.17. The number of carbonyl (C=O) groups is 2. The summed E-state index contributed by atoms with van der Waals surface area (Å²) >= 11 is 12.7. The van der Waals surface area contributed by atoms with Crippen molar-refractivity contribution in [2.24, 2.45) is 0 Å². The number of carbonyl (C=O) groups excluding carboxylic acids is 2. The SMILES string of the molecule is O=C(NC(=S)NNC(=O)c1sc2ccccc2c1Cl)c1ccc(OCCc2ccccc2)cc1. The van der Waals surface area contributed by atoms with Crippen molar-refractivity contribution in [1.29, 1.82) is 0 Å². The summed E-state index contributed by atoms with van der Waals surface area (Å²) in [6, 6.07) is 24.3. The summed E-state index contributed by atoms with van der Waals surface area (Å²) < 4.78 is 6.64. The maximum absolute atomic E-state index is 12.5. The molecule has 9 heteroatoms. The molecule has 6 nitrogen and oxygen atoms in total. The molecule has 0 aliphatic rings. The first-order valence-corrected chi connectivity index (χ1v) is 12.0. The van der Waals surface area contributed by atoms with Gasteiger partial charge in [0, 0.05) is 22.1 Å². The van der Waals surface area contributed by atoms with E-state index in [2.05, 4.69) is 16.2 Å². The number of ether oxygens (including phenoxy) is 1. The average Bonchev–Trinajstić information content (AvgIpc) is 3.20. The van der Waals surface area contributed by atoms with Gasteiger partial charge in [-0.1, -0.05) is 60.1 Å². The molecule has 0 saturated carbocycles. The molecule has 3 N–H and O–H groups in total. The second-order valence-electron chi connectivity index (χ2n) is 7.21. The Bertz CT molecular complexity index is 1320. The van der Waals surface area contributed by atoms with E-state index >= 15 is 0 Å². The van der Waals surface area contributed by atoms with Crippen LogP contribution in [0.2, 0.25) is 5.02 Å². The van der Waals surface area contributed by atoms with E-state index in [1.165, 1.54) is 16.9 Å². The minimum absolute atomic E-state index is 0.0428. The zero-order chi connectivity index (χ0) is 23.9. The number of halogens is 1. The number of hydrogen-bond donors (Lipinski definition) is 3. The van der Waals surface area contributed by atoms with Gasteiger partial charge in [-0.2, -0.15) is 0 Å². The summed E-state index contributed by atoms with van der Waals surface area (Å²) in [5.74, 6) is -0.192. The first kappa shape index (κ1) is 23.7. The Balaban J connectivity index is 1.24. The maximum atomic E-state index is 12.5. The third-order valence-corrected chi connectivity index (χ3v) is 6.75. The van der Waals surface area contributed by atoms with Crippen molar-refractivity contribution in [3.05, 3.63) is 99.9 Å². The second-order valence-corrected chi connectivity index (χ2v) is 9.05. The molecular weight excluding hydrogens is 490 g/mol. The lowest BCUT2D eigenvalue weighted by Crippen LogP contribution is -2.48. The van der Waals surface area contributed by atoms with E-state index in [9.17, 15) is 9.59 Å². The summed E-state index contributed by atoms with van der Waals surface area (Å²) in [6.45, 7) is 0.535. The van der Waals surface area contributed by atoms with Gasteiger partial charge >= 0.3 is 0 Å². The number of thiophene rings is 1. The Hall–Kier alpha value is -3.46. The van der Waals surface area contributed by atoms with Gasteiger partial charge in [0.1, 0.15) is 10.6 Å². The van der Waals surface area contributed by atoms with Crippen LogP contribution in [-0.2, 0) is 6.42 Å². The normalized spacial score (nSPS) is 10.5. The quantitative estimate of drug-likeness (QED) is 0.248. The van der Waals surface area contributed by atoms with Crippen LogP contribution in [-0.4, -0.2) is 23.5 Å². The Kier molecular flexibility index (Phi) is 7.74. The molecule has 0 atom stereocenters. The summed E-state index contributed by atoms with van der Waals surface area (Å²) in [7, 11) is 0. The smallest absolute Gasteiger partial charge is 0.281 e. The van der Waals surface area contributed by atoms with Gasteiger partial charge in [-0.25, -0.2) is 0 Å². The van der Waals surface area contributed by atoms with E-state index < -0.39 is 11.8 Å². The van der Waals surface area contributed by atoms with Crippen LogP contribution in [0.5, 0.6) is 5.75 Å². The lowest BCUT2D eigenvalue weighted by atomic mass is 10.2. The van der Waals surface area contributed by atoms with Crippen LogP contribution < -0.4 is 20.9 Å². The van der Waals surface area contributed by atoms with Crippen LogP contribution in [0.25, 0.3) is 10.1 Å². The molecule has 3 aromatic carbocycles. The van der Waals surface area contributed by atoms with Crippen molar-refractivity contribution in [1.82, 2.24) is 16.2 Å². The Morgan fingerprint density at radius 2 is 1.59 bits per heavy atom. The molecule has 0 radical (unpaired) electrons. The fourth-order valence-corrected chi connectivity index (χ4v) is 4.73. The Labute approximate surface area is 210 Å². The molecule has 4 aromatic rings. The topological polar surface area (TPSA) is 79.5 Å². The lowest BCUT2D eigenvalue weighted by Gasteiger charge is -2.11. The highest BCUT2D eigenvalue weighted by Crippen LogP contribution is 2.34. The van der Waals surface area contributed by atoms with Crippen molar-refractivity contribution < 1.29 is 14.3 Å². The first-order chi connectivity index (χ1) is 16.5. The van der Waals surface area contributed by atoms with Gasteiger partial charge < -0.3 is 4.74 Å². The predicted molar refractivity (Wildman–Crippen MR) is 140 cm³/mol. The van der Waals surface area contributed by atoms with Crippen LogP contribution >= 0.6 is 35.2 Å². The zero-order valence-corrected chi connectivity index (χ0v) is 20.2. The molecule has 0 fully saturated rings. The van der Waals surface area contributed by atoms with Crippen molar-refractivity contribution in [3.63, 3.8) is 0 Å². The van der Waals surface area contributed by atoms with Crippen molar-refractivity contribution in [3.8, 4) is 5.75 Å². The molecule has 4 rings (SSSR count). The molecule has 0 spiro atoms. The van der Waals surface area contributed by atoms with E-state index in [4.69, 9.17) is 28.6 Å². The molecule has 0 aliphatic carbocycles. The molecule has 172 valence electrons. The maximum Gasteiger partial charge on any atom is 0.281 e. The van der Waals surface area contributed by atoms with Crippen LogP contribution in [0.1, 0.15) is 25.6 Å². The second kappa shape index (κ2) is 11.1. The number of thiocarbonyl (C=S) groups is 1. The van der Waals surface area contributed by atoms with Crippen molar-refractivity contribution >= 4 is 62.2 Å². The standard InChI is InChI=1S/C25H20ClN3O3S2/c26-21-19-8-4-5-9-20(19)34-22(21)24(31)28-29-25(33)27-23(30)17-10-12-18(13-11-17)32-15-14-16-6-2-1-3-7-16/h1-13H,14-15H2,(H,28,31)(H2,27,29,30,33). The van der Waals surface area contributed by atoms with E-state index in [1.807, 2.05) is 54.6 Å². The predicted octanol–water partition coefficient (Wildman–Crippen LogP) is 5.13. The van der Waals surface area contributed by atoms with Gasteiger partial charge in [-0.05, 0) is 48.1 Å². The third kappa shape index (κ3) is 5.91. The van der Waals surface area contributed by atoms with Gasteiger partial charge in [0.15, 0.2) is 5.11 Å². The Morgan fingerprint density at radius 3 is 2.32 bits per heavy atom. The number of hydrazine groups is 1. The highest BCUT2D eigenvalue weighted by Gasteiger charge is 2.17. The summed E-state index contributed by atoms with van der Waals surface area (Å²) in [6.07, 6.45) is 0.793. The monoisotopic (exact) mass is 509 g/mol. The third-order valence-electron chi connectivity index (χ3n) is 4.88. The van der Waals surface area contributed by atoms with E-state index in [0.29, 0.717) is 27.8 Å². The molecule has 0 aliphatic heterocycles. The molecular formula is C25H20ClN3O3S2.